The molecule has 0 aliphatic rings. The number of H-pyrrole nitrogens is 1. The van der Waals surface area contributed by atoms with E-state index in [0.717, 1.165) is 16.0 Å². The zero-order valence-electron chi connectivity index (χ0n) is 11.9. The van der Waals surface area contributed by atoms with Crippen molar-refractivity contribution in [2.45, 2.75) is 0 Å². The van der Waals surface area contributed by atoms with Crippen LogP contribution in [0.15, 0.2) is 65.5 Å². The maximum atomic E-state index is 12.4. The normalized spacial score (nSPS) is 11.0. The molecule has 3 nitrogen and oxygen atoms in total. The molecule has 0 amide bonds. The maximum Gasteiger partial charge on any atom is 0.259 e. The van der Waals surface area contributed by atoms with Crippen LogP contribution in [-0.2, 0) is 0 Å². The third-order valence-electron chi connectivity index (χ3n) is 3.59. The molecule has 4 aromatic rings. The number of rotatable bonds is 2. The van der Waals surface area contributed by atoms with Crippen molar-refractivity contribution in [1.82, 2.24) is 9.97 Å². The molecule has 0 bridgehead atoms. The first kappa shape index (κ1) is 14.2. The van der Waals surface area contributed by atoms with Crippen LogP contribution in [0.4, 0.5) is 0 Å². The number of nitrogens with one attached hydrogen (secondary N) is 1. The molecule has 0 unspecified atom stereocenters. The van der Waals surface area contributed by atoms with Crippen molar-refractivity contribution in [2.24, 2.45) is 0 Å². The van der Waals surface area contributed by atoms with Gasteiger partial charge >= 0.3 is 0 Å². The van der Waals surface area contributed by atoms with Gasteiger partial charge in [0.2, 0.25) is 0 Å². The molecule has 4 rings (SSSR count). The quantitative estimate of drug-likeness (QED) is 0.560. The Morgan fingerprint density at radius 3 is 2.52 bits per heavy atom. The first-order chi connectivity index (χ1) is 11.2. The number of aromatic amines is 1. The zero-order chi connectivity index (χ0) is 15.8. The molecule has 0 radical (unpaired) electrons. The van der Waals surface area contributed by atoms with Crippen molar-refractivity contribution < 1.29 is 0 Å². The van der Waals surface area contributed by atoms with Crippen LogP contribution in [-0.4, -0.2) is 9.97 Å². The fraction of sp³-hybridized carbons (Fsp3) is 0. The van der Waals surface area contributed by atoms with Gasteiger partial charge in [-0.25, -0.2) is 4.98 Å². The summed E-state index contributed by atoms with van der Waals surface area (Å²) in [4.78, 5) is 21.6. The van der Waals surface area contributed by atoms with E-state index in [1.807, 2.05) is 54.6 Å². The van der Waals surface area contributed by atoms with Gasteiger partial charge in [0, 0.05) is 10.4 Å². The van der Waals surface area contributed by atoms with Crippen LogP contribution in [0, 0.1) is 0 Å². The average molecular weight is 339 g/mol. The maximum absolute atomic E-state index is 12.4. The molecular formula is C18H11ClN2OS. The van der Waals surface area contributed by atoms with E-state index in [0.29, 0.717) is 21.1 Å². The second kappa shape index (κ2) is 5.65. The van der Waals surface area contributed by atoms with E-state index in [2.05, 4.69) is 9.97 Å². The van der Waals surface area contributed by atoms with E-state index in [1.165, 1.54) is 11.3 Å². The highest BCUT2D eigenvalue weighted by Gasteiger charge is 2.12. The number of halogens is 1. The molecule has 5 heteroatoms. The Hall–Kier alpha value is -2.43. The average Bonchev–Trinajstić information content (AvgIpc) is 3.01. The monoisotopic (exact) mass is 338 g/mol. The van der Waals surface area contributed by atoms with E-state index in [9.17, 15) is 4.79 Å². The number of benzene rings is 2. The second-order valence-electron chi connectivity index (χ2n) is 5.09. The summed E-state index contributed by atoms with van der Waals surface area (Å²) in [6, 6.07) is 19.2. The molecule has 2 heterocycles. The zero-order valence-corrected chi connectivity index (χ0v) is 13.5. The van der Waals surface area contributed by atoms with Crippen LogP contribution >= 0.6 is 22.9 Å². The Morgan fingerprint density at radius 2 is 1.74 bits per heavy atom. The smallest absolute Gasteiger partial charge is 0.259 e. The topological polar surface area (TPSA) is 45.8 Å². The molecule has 0 atom stereocenters. The summed E-state index contributed by atoms with van der Waals surface area (Å²) in [7, 11) is 0. The van der Waals surface area contributed by atoms with Crippen molar-refractivity contribution in [3.8, 4) is 21.8 Å². The van der Waals surface area contributed by atoms with Gasteiger partial charge in [-0.2, -0.15) is 0 Å². The van der Waals surface area contributed by atoms with Gasteiger partial charge in [-0.05, 0) is 23.8 Å². The van der Waals surface area contributed by atoms with Gasteiger partial charge in [-0.1, -0.05) is 54.1 Å². The predicted molar refractivity (Wildman–Crippen MR) is 96.1 cm³/mol. The third-order valence-corrected chi connectivity index (χ3v) is 5.00. The molecule has 0 saturated carbocycles. The summed E-state index contributed by atoms with van der Waals surface area (Å²) in [6.07, 6.45) is 0. The van der Waals surface area contributed by atoms with Gasteiger partial charge in [0.1, 0.15) is 10.7 Å². The van der Waals surface area contributed by atoms with Crippen molar-refractivity contribution >= 4 is 33.2 Å². The minimum atomic E-state index is -0.150. The second-order valence-corrected chi connectivity index (χ2v) is 6.53. The Bertz CT molecular complexity index is 1050. The van der Waals surface area contributed by atoms with Gasteiger partial charge in [-0.3, -0.25) is 4.79 Å². The van der Waals surface area contributed by atoms with Gasteiger partial charge in [0.05, 0.1) is 10.4 Å². The Balaban J connectivity index is 1.92. The highest BCUT2D eigenvalue weighted by Crippen LogP contribution is 2.32. The molecule has 0 aliphatic heterocycles. The van der Waals surface area contributed by atoms with Crippen molar-refractivity contribution in [1.29, 1.82) is 0 Å². The standard InChI is InChI=1S/C18H11ClN2OS/c19-14-9-5-4-8-12(14)16-20-17(22)13-10-15(23-18(13)21-16)11-6-2-1-3-7-11/h1-10H,(H,20,21,22). The van der Waals surface area contributed by atoms with E-state index < -0.39 is 0 Å². The predicted octanol–water partition coefficient (Wildman–Crippen LogP) is 4.97. The van der Waals surface area contributed by atoms with E-state index in [1.54, 1.807) is 6.07 Å². The van der Waals surface area contributed by atoms with Gasteiger partial charge < -0.3 is 4.98 Å². The number of hydrogen-bond acceptors (Lipinski definition) is 3. The van der Waals surface area contributed by atoms with Crippen molar-refractivity contribution in [3.05, 3.63) is 76.0 Å². The molecule has 2 aromatic heterocycles. The van der Waals surface area contributed by atoms with Gasteiger partial charge in [0.25, 0.3) is 5.56 Å². The molecule has 0 saturated heterocycles. The molecule has 2 aromatic carbocycles. The highest BCUT2D eigenvalue weighted by atomic mass is 35.5. The summed E-state index contributed by atoms with van der Waals surface area (Å²) >= 11 is 7.71. The Morgan fingerprint density at radius 1 is 1.00 bits per heavy atom. The number of aromatic nitrogens is 2. The molecule has 0 fully saturated rings. The summed E-state index contributed by atoms with van der Waals surface area (Å²) in [6.45, 7) is 0. The fourth-order valence-electron chi connectivity index (χ4n) is 2.46. The highest BCUT2D eigenvalue weighted by molar-refractivity contribution is 7.21. The SMILES string of the molecule is O=c1[nH]c(-c2ccccc2Cl)nc2sc(-c3ccccc3)cc12. The number of nitrogens with zero attached hydrogens (tertiary/aromatic N) is 1. The minimum Gasteiger partial charge on any atom is -0.306 e. The Labute approximate surface area is 141 Å². The lowest BCUT2D eigenvalue weighted by Gasteiger charge is -2.02. The number of thiophene rings is 1. The first-order valence-corrected chi connectivity index (χ1v) is 8.26. The third kappa shape index (κ3) is 2.56. The molecule has 23 heavy (non-hydrogen) atoms. The van der Waals surface area contributed by atoms with E-state index in [4.69, 9.17) is 11.6 Å². The molecule has 0 spiro atoms. The minimum absolute atomic E-state index is 0.150. The van der Waals surface area contributed by atoms with Crippen LogP contribution in [0.3, 0.4) is 0 Å². The largest absolute Gasteiger partial charge is 0.306 e. The lowest BCUT2D eigenvalue weighted by molar-refractivity contribution is 1.19. The summed E-state index contributed by atoms with van der Waals surface area (Å²) in [5, 5.41) is 1.17. The summed E-state index contributed by atoms with van der Waals surface area (Å²) in [5.41, 5.74) is 1.65. The van der Waals surface area contributed by atoms with Crippen molar-refractivity contribution in [2.75, 3.05) is 0 Å². The van der Waals surface area contributed by atoms with Crippen molar-refractivity contribution in [3.63, 3.8) is 0 Å². The summed E-state index contributed by atoms with van der Waals surface area (Å²) < 4.78 is 0. The van der Waals surface area contributed by atoms with Crippen LogP contribution in [0.5, 0.6) is 0 Å². The molecule has 1 N–H and O–H groups in total. The lowest BCUT2D eigenvalue weighted by atomic mass is 10.2. The van der Waals surface area contributed by atoms with E-state index in [-0.39, 0.29) is 5.56 Å². The summed E-state index contributed by atoms with van der Waals surface area (Å²) in [5.74, 6) is 0.495. The van der Waals surface area contributed by atoms with Crippen LogP contribution < -0.4 is 5.56 Å². The molecule has 112 valence electrons. The molecular weight excluding hydrogens is 328 g/mol. The Kier molecular flexibility index (Phi) is 3.48. The number of hydrogen-bond donors (Lipinski definition) is 1. The fourth-order valence-corrected chi connectivity index (χ4v) is 3.72. The number of fused-ring (bicyclic) bond motifs is 1. The van der Waals surface area contributed by atoms with Crippen LogP contribution in [0.2, 0.25) is 5.02 Å². The van der Waals surface area contributed by atoms with Crippen LogP contribution in [0.25, 0.3) is 32.0 Å². The van der Waals surface area contributed by atoms with Crippen LogP contribution in [0.1, 0.15) is 0 Å². The first-order valence-electron chi connectivity index (χ1n) is 7.06. The van der Waals surface area contributed by atoms with Gasteiger partial charge in [0.15, 0.2) is 0 Å². The molecule has 0 aliphatic carbocycles. The lowest BCUT2D eigenvalue weighted by Crippen LogP contribution is -2.08. The van der Waals surface area contributed by atoms with Gasteiger partial charge in [-0.15, -0.1) is 11.3 Å². The van der Waals surface area contributed by atoms with E-state index >= 15 is 0 Å².